The highest BCUT2D eigenvalue weighted by atomic mass is 32.1. The molecule has 0 spiro atoms. The molecule has 0 radical (unpaired) electrons. The summed E-state index contributed by atoms with van der Waals surface area (Å²) < 4.78 is 0. The molecule has 0 bridgehead atoms. The van der Waals surface area contributed by atoms with E-state index in [2.05, 4.69) is 31.2 Å². The molecule has 0 saturated carbocycles. The molecule has 1 aromatic rings. The van der Waals surface area contributed by atoms with Gasteiger partial charge in [0.25, 0.3) is 0 Å². The molecule has 0 nitrogen and oxygen atoms in total. The van der Waals surface area contributed by atoms with Crippen LogP contribution in [0.25, 0.3) is 0 Å². The lowest BCUT2D eigenvalue weighted by Crippen LogP contribution is -1.96. The minimum absolute atomic E-state index is 1.06. The highest BCUT2D eigenvalue weighted by Crippen LogP contribution is 2.05. The SMILES string of the molecule is CCCC(=S)CCc1ccccc1. The summed E-state index contributed by atoms with van der Waals surface area (Å²) in [5.41, 5.74) is 1.39. The lowest BCUT2D eigenvalue weighted by molar-refractivity contribution is 0.951. The molecule has 0 N–H and O–H groups in total. The van der Waals surface area contributed by atoms with E-state index < -0.39 is 0 Å². The molecule has 0 heterocycles. The minimum Gasteiger partial charge on any atom is -0.0897 e. The van der Waals surface area contributed by atoms with Crippen LogP contribution in [0, 0.1) is 0 Å². The van der Waals surface area contributed by atoms with Gasteiger partial charge in [-0.25, -0.2) is 0 Å². The molecular formula is C12H16S. The fourth-order valence-electron chi connectivity index (χ4n) is 1.33. The molecule has 0 aliphatic heterocycles. The van der Waals surface area contributed by atoms with Crippen molar-refractivity contribution in [3.63, 3.8) is 0 Å². The Balaban J connectivity index is 2.31. The first kappa shape index (κ1) is 10.4. The summed E-state index contributed by atoms with van der Waals surface area (Å²) in [5, 5.41) is 0. The van der Waals surface area contributed by atoms with Crippen molar-refractivity contribution < 1.29 is 0 Å². The van der Waals surface area contributed by atoms with Gasteiger partial charge in [-0.05, 0) is 29.7 Å². The Hall–Kier alpha value is -0.690. The maximum Gasteiger partial charge on any atom is -0.00683 e. The molecule has 0 aliphatic rings. The normalized spacial score (nSPS) is 9.92. The Morgan fingerprint density at radius 2 is 1.85 bits per heavy atom. The van der Waals surface area contributed by atoms with Crippen molar-refractivity contribution in [1.29, 1.82) is 0 Å². The van der Waals surface area contributed by atoms with Crippen LogP contribution >= 0.6 is 12.2 Å². The number of thiocarbonyl (C=S) groups is 1. The van der Waals surface area contributed by atoms with E-state index in [0.29, 0.717) is 0 Å². The molecule has 0 aromatic heterocycles. The van der Waals surface area contributed by atoms with Crippen LogP contribution in [0.3, 0.4) is 0 Å². The molecule has 0 atom stereocenters. The third kappa shape index (κ3) is 4.18. The van der Waals surface area contributed by atoms with Crippen LogP contribution in [0.4, 0.5) is 0 Å². The zero-order chi connectivity index (χ0) is 9.52. The lowest BCUT2D eigenvalue weighted by atomic mass is 10.1. The third-order valence-corrected chi connectivity index (χ3v) is 2.47. The second-order valence-corrected chi connectivity index (χ2v) is 3.85. The molecule has 13 heavy (non-hydrogen) atoms. The zero-order valence-electron chi connectivity index (χ0n) is 8.12. The van der Waals surface area contributed by atoms with Crippen LogP contribution in [0.15, 0.2) is 30.3 Å². The summed E-state index contributed by atoms with van der Waals surface area (Å²) in [4.78, 5) is 1.21. The van der Waals surface area contributed by atoms with Gasteiger partial charge in [-0.15, -0.1) is 0 Å². The van der Waals surface area contributed by atoms with Gasteiger partial charge in [0.15, 0.2) is 0 Å². The molecule has 0 aliphatic carbocycles. The molecule has 0 saturated heterocycles. The third-order valence-electron chi connectivity index (χ3n) is 2.06. The zero-order valence-corrected chi connectivity index (χ0v) is 8.94. The van der Waals surface area contributed by atoms with Gasteiger partial charge >= 0.3 is 0 Å². The van der Waals surface area contributed by atoms with Crippen molar-refractivity contribution >= 4 is 17.1 Å². The Bertz CT molecular complexity index is 251. The van der Waals surface area contributed by atoms with E-state index >= 15 is 0 Å². The smallest absolute Gasteiger partial charge is 0.00683 e. The van der Waals surface area contributed by atoms with Crippen LogP contribution in [-0.2, 0) is 6.42 Å². The molecule has 1 heteroatoms. The Labute approximate surface area is 86.0 Å². The summed E-state index contributed by atoms with van der Waals surface area (Å²) >= 11 is 5.25. The number of benzene rings is 1. The van der Waals surface area contributed by atoms with Crippen molar-refractivity contribution in [2.75, 3.05) is 0 Å². The van der Waals surface area contributed by atoms with Gasteiger partial charge in [0.2, 0.25) is 0 Å². The number of hydrogen-bond donors (Lipinski definition) is 0. The molecule has 70 valence electrons. The first-order chi connectivity index (χ1) is 6.33. The molecule has 1 aromatic carbocycles. The second-order valence-electron chi connectivity index (χ2n) is 3.27. The average molecular weight is 192 g/mol. The summed E-state index contributed by atoms with van der Waals surface area (Å²) in [6, 6.07) is 10.5. The Morgan fingerprint density at radius 3 is 2.46 bits per heavy atom. The summed E-state index contributed by atoms with van der Waals surface area (Å²) in [6.45, 7) is 2.18. The van der Waals surface area contributed by atoms with E-state index in [1.165, 1.54) is 16.8 Å². The molecular weight excluding hydrogens is 176 g/mol. The predicted molar refractivity (Wildman–Crippen MR) is 62.3 cm³/mol. The Kier molecular flexibility index (Phi) is 4.69. The monoisotopic (exact) mass is 192 g/mol. The fourth-order valence-corrected chi connectivity index (χ4v) is 1.64. The summed E-state index contributed by atoms with van der Waals surface area (Å²) in [6.07, 6.45) is 4.43. The van der Waals surface area contributed by atoms with Crippen molar-refractivity contribution in [3.8, 4) is 0 Å². The van der Waals surface area contributed by atoms with Gasteiger partial charge < -0.3 is 0 Å². The minimum atomic E-state index is 1.06. The molecule has 0 unspecified atom stereocenters. The maximum absolute atomic E-state index is 5.25. The number of aryl methyl sites for hydroxylation is 1. The molecule has 0 amide bonds. The summed E-state index contributed by atoms with van der Waals surface area (Å²) in [7, 11) is 0. The van der Waals surface area contributed by atoms with Crippen LogP contribution in [-0.4, -0.2) is 4.86 Å². The lowest BCUT2D eigenvalue weighted by Gasteiger charge is -2.01. The van der Waals surface area contributed by atoms with E-state index in [4.69, 9.17) is 12.2 Å². The Morgan fingerprint density at radius 1 is 1.15 bits per heavy atom. The molecule has 1 rings (SSSR count). The second kappa shape index (κ2) is 5.87. The first-order valence-corrected chi connectivity index (χ1v) is 5.29. The van der Waals surface area contributed by atoms with Crippen molar-refractivity contribution in [3.05, 3.63) is 35.9 Å². The largest absolute Gasteiger partial charge is 0.0897 e. The van der Waals surface area contributed by atoms with Crippen LogP contribution in [0.5, 0.6) is 0 Å². The van der Waals surface area contributed by atoms with Gasteiger partial charge in [0.1, 0.15) is 0 Å². The van der Waals surface area contributed by atoms with Gasteiger partial charge in [-0.3, -0.25) is 0 Å². The van der Waals surface area contributed by atoms with E-state index in [1.54, 1.807) is 0 Å². The summed E-state index contributed by atoms with van der Waals surface area (Å²) in [5.74, 6) is 0. The van der Waals surface area contributed by atoms with E-state index in [1.807, 2.05) is 6.07 Å². The van der Waals surface area contributed by atoms with Gasteiger partial charge in [0, 0.05) is 0 Å². The quantitative estimate of drug-likeness (QED) is 0.640. The van der Waals surface area contributed by atoms with Crippen molar-refractivity contribution in [2.45, 2.75) is 32.6 Å². The van der Waals surface area contributed by atoms with E-state index in [9.17, 15) is 0 Å². The maximum atomic E-state index is 5.25. The standard InChI is InChI=1S/C12H16S/c1-2-6-12(13)10-9-11-7-4-3-5-8-11/h3-5,7-8H,2,6,9-10H2,1H3. The van der Waals surface area contributed by atoms with Crippen LogP contribution < -0.4 is 0 Å². The first-order valence-electron chi connectivity index (χ1n) is 4.88. The van der Waals surface area contributed by atoms with Gasteiger partial charge in [-0.2, -0.15) is 0 Å². The highest BCUT2D eigenvalue weighted by molar-refractivity contribution is 7.80. The van der Waals surface area contributed by atoms with Crippen molar-refractivity contribution in [1.82, 2.24) is 0 Å². The van der Waals surface area contributed by atoms with Crippen LogP contribution in [0.1, 0.15) is 31.7 Å². The average Bonchev–Trinajstić information content (AvgIpc) is 2.17. The van der Waals surface area contributed by atoms with E-state index in [-0.39, 0.29) is 0 Å². The molecule has 0 fully saturated rings. The highest BCUT2D eigenvalue weighted by Gasteiger charge is 1.96. The van der Waals surface area contributed by atoms with E-state index in [0.717, 1.165) is 19.3 Å². The van der Waals surface area contributed by atoms with Crippen LogP contribution in [0.2, 0.25) is 0 Å². The van der Waals surface area contributed by atoms with Gasteiger partial charge in [0.05, 0.1) is 0 Å². The van der Waals surface area contributed by atoms with Gasteiger partial charge in [-0.1, -0.05) is 55.9 Å². The van der Waals surface area contributed by atoms with Crippen molar-refractivity contribution in [2.24, 2.45) is 0 Å². The number of hydrogen-bond acceptors (Lipinski definition) is 1. The predicted octanol–water partition coefficient (Wildman–Crippen LogP) is 3.79. The topological polar surface area (TPSA) is 0 Å². The fraction of sp³-hybridized carbons (Fsp3) is 0.417. The number of rotatable bonds is 5.